The van der Waals surface area contributed by atoms with Gasteiger partial charge in [0.2, 0.25) is 0 Å². The molecule has 0 amide bonds. The molecule has 1 rings (SSSR count). The third-order valence-corrected chi connectivity index (χ3v) is 1.59. The van der Waals surface area contributed by atoms with Crippen LogP contribution < -0.4 is 5.73 Å². The second kappa shape index (κ2) is 2.88. The Kier molecular flexibility index (Phi) is 2.10. The van der Waals surface area contributed by atoms with Gasteiger partial charge in [-0.1, -0.05) is 0 Å². The molecule has 0 heterocycles. The molecule has 0 bridgehead atoms. The van der Waals surface area contributed by atoms with Crippen molar-refractivity contribution in [3.05, 3.63) is 29.1 Å². The van der Waals surface area contributed by atoms with Crippen molar-refractivity contribution in [2.45, 2.75) is 13.5 Å². The van der Waals surface area contributed by atoms with E-state index in [-0.39, 0.29) is 12.4 Å². The Hall–Kier alpha value is -1.09. The minimum Gasteiger partial charge on any atom is -0.398 e. The molecule has 0 spiro atoms. The van der Waals surface area contributed by atoms with Crippen molar-refractivity contribution in [1.82, 2.24) is 0 Å². The van der Waals surface area contributed by atoms with Crippen LogP contribution in [-0.2, 0) is 6.61 Å². The van der Waals surface area contributed by atoms with E-state index in [0.29, 0.717) is 16.8 Å². The van der Waals surface area contributed by atoms with Gasteiger partial charge in [-0.15, -0.1) is 0 Å². The summed E-state index contributed by atoms with van der Waals surface area (Å²) in [6, 6.07) is 2.77. The van der Waals surface area contributed by atoms with Gasteiger partial charge in [-0.05, 0) is 24.6 Å². The average molecular weight is 155 g/mol. The molecule has 0 saturated heterocycles. The van der Waals surface area contributed by atoms with Gasteiger partial charge in [0, 0.05) is 11.3 Å². The highest BCUT2D eigenvalue weighted by atomic mass is 19.1. The zero-order chi connectivity index (χ0) is 8.43. The lowest BCUT2D eigenvalue weighted by Gasteiger charge is -2.03. The summed E-state index contributed by atoms with van der Waals surface area (Å²) in [6.45, 7) is 1.49. The molecule has 0 unspecified atom stereocenters. The van der Waals surface area contributed by atoms with Gasteiger partial charge < -0.3 is 10.8 Å². The molecule has 11 heavy (non-hydrogen) atoms. The SMILES string of the molecule is Cc1cc(CO)c(N)cc1F. The van der Waals surface area contributed by atoms with Gasteiger partial charge in [0.05, 0.1) is 6.61 Å². The van der Waals surface area contributed by atoms with E-state index in [2.05, 4.69) is 0 Å². The van der Waals surface area contributed by atoms with Crippen molar-refractivity contribution in [2.75, 3.05) is 5.73 Å². The highest BCUT2D eigenvalue weighted by Gasteiger charge is 2.02. The largest absolute Gasteiger partial charge is 0.398 e. The molecule has 1 aromatic carbocycles. The lowest BCUT2D eigenvalue weighted by atomic mass is 10.1. The maximum Gasteiger partial charge on any atom is 0.128 e. The number of rotatable bonds is 1. The smallest absolute Gasteiger partial charge is 0.128 e. The van der Waals surface area contributed by atoms with Crippen LogP contribution in [0.2, 0.25) is 0 Å². The zero-order valence-electron chi connectivity index (χ0n) is 6.26. The molecule has 0 aliphatic heterocycles. The van der Waals surface area contributed by atoms with E-state index in [0.717, 1.165) is 0 Å². The molecule has 0 aliphatic rings. The first-order chi connectivity index (χ1) is 5.15. The second-order valence-corrected chi connectivity index (χ2v) is 2.46. The van der Waals surface area contributed by atoms with Gasteiger partial charge in [-0.3, -0.25) is 0 Å². The molecule has 0 aromatic heterocycles. The highest BCUT2D eigenvalue weighted by molar-refractivity contribution is 5.48. The molecule has 0 radical (unpaired) electrons. The predicted molar refractivity (Wildman–Crippen MR) is 41.5 cm³/mol. The third-order valence-electron chi connectivity index (χ3n) is 1.59. The fraction of sp³-hybridized carbons (Fsp3) is 0.250. The van der Waals surface area contributed by atoms with Crippen LogP contribution in [0.3, 0.4) is 0 Å². The van der Waals surface area contributed by atoms with Crippen LogP contribution in [-0.4, -0.2) is 5.11 Å². The van der Waals surface area contributed by atoms with Gasteiger partial charge in [0.25, 0.3) is 0 Å². The van der Waals surface area contributed by atoms with Crippen LogP contribution in [0.5, 0.6) is 0 Å². The van der Waals surface area contributed by atoms with Crippen LogP contribution in [0.15, 0.2) is 12.1 Å². The van der Waals surface area contributed by atoms with Crippen LogP contribution >= 0.6 is 0 Å². The van der Waals surface area contributed by atoms with E-state index in [1.54, 1.807) is 13.0 Å². The third kappa shape index (κ3) is 1.49. The molecule has 60 valence electrons. The summed E-state index contributed by atoms with van der Waals surface area (Å²) in [5.41, 5.74) is 6.78. The predicted octanol–water partition coefficient (Wildman–Crippen LogP) is 1.21. The normalized spacial score (nSPS) is 10.1. The summed E-state index contributed by atoms with van der Waals surface area (Å²) in [6.07, 6.45) is 0. The molecule has 2 nitrogen and oxygen atoms in total. The Labute approximate surface area is 64.5 Å². The van der Waals surface area contributed by atoms with Crippen LogP contribution in [0, 0.1) is 12.7 Å². The summed E-state index contributed by atoms with van der Waals surface area (Å²) >= 11 is 0. The Morgan fingerprint density at radius 1 is 1.55 bits per heavy atom. The Morgan fingerprint density at radius 3 is 2.73 bits per heavy atom. The van der Waals surface area contributed by atoms with Crippen molar-refractivity contribution >= 4 is 5.69 Å². The lowest BCUT2D eigenvalue weighted by Crippen LogP contribution is -1.96. The van der Waals surface area contributed by atoms with Crippen molar-refractivity contribution in [1.29, 1.82) is 0 Å². The number of anilines is 1. The Balaban J connectivity index is 3.21. The van der Waals surface area contributed by atoms with Crippen molar-refractivity contribution in [3.8, 4) is 0 Å². The van der Waals surface area contributed by atoms with Gasteiger partial charge in [0.1, 0.15) is 5.82 Å². The number of benzene rings is 1. The number of halogens is 1. The topological polar surface area (TPSA) is 46.2 Å². The van der Waals surface area contributed by atoms with E-state index in [9.17, 15) is 4.39 Å². The molecular formula is C8H10FNO. The monoisotopic (exact) mass is 155 g/mol. The Bertz CT molecular complexity index is 273. The first kappa shape index (κ1) is 8.01. The Morgan fingerprint density at radius 2 is 2.18 bits per heavy atom. The van der Waals surface area contributed by atoms with Crippen molar-refractivity contribution < 1.29 is 9.50 Å². The van der Waals surface area contributed by atoms with Gasteiger partial charge >= 0.3 is 0 Å². The molecule has 1 aromatic rings. The lowest BCUT2D eigenvalue weighted by molar-refractivity contribution is 0.282. The summed E-state index contributed by atoms with van der Waals surface area (Å²) in [4.78, 5) is 0. The summed E-state index contributed by atoms with van der Waals surface area (Å²) < 4.78 is 12.7. The fourth-order valence-electron chi connectivity index (χ4n) is 0.894. The quantitative estimate of drug-likeness (QED) is 0.599. The maximum absolute atomic E-state index is 12.7. The van der Waals surface area contributed by atoms with E-state index in [1.165, 1.54) is 6.07 Å². The number of aliphatic hydroxyl groups excluding tert-OH is 1. The molecule has 0 aliphatic carbocycles. The molecule has 0 saturated carbocycles. The van der Waals surface area contributed by atoms with E-state index in [1.807, 2.05) is 0 Å². The van der Waals surface area contributed by atoms with Crippen LogP contribution in [0.4, 0.5) is 10.1 Å². The number of nitrogen functional groups attached to an aromatic ring is 1. The molecule has 0 fully saturated rings. The summed E-state index contributed by atoms with van der Waals surface area (Å²) in [7, 11) is 0. The van der Waals surface area contributed by atoms with Crippen molar-refractivity contribution in [3.63, 3.8) is 0 Å². The number of aryl methyl sites for hydroxylation is 1. The minimum absolute atomic E-state index is 0.146. The summed E-state index contributed by atoms with van der Waals surface area (Å²) in [5, 5.41) is 8.73. The van der Waals surface area contributed by atoms with E-state index < -0.39 is 0 Å². The van der Waals surface area contributed by atoms with Crippen LogP contribution in [0.1, 0.15) is 11.1 Å². The summed E-state index contributed by atoms with van der Waals surface area (Å²) in [5.74, 6) is -0.334. The maximum atomic E-state index is 12.7. The fourth-order valence-corrected chi connectivity index (χ4v) is 0.894. The average Bonchev–Trinajstić information content (AvgIpc) is 1.97. The van der Waals surface area contributed by atoms with E-state index >= 15 is 0 Å². The molecular weight excluding hydrogens is 145 g/mol. The van der Waals surface area contributed by atoms with Gasteiger partial charge in [-0.25, -0.2) is 4.39 Å². The van der Waals surface area contributed by atoms with Gasteiger partial charge in [-0.2, -0.15) is 0 Å². The molecule has 0 atom stereocenters. The highest BCUT2D eigenvalue weighted by Crippen LogP contribution is 2.16. The molecule has 3 heteroatoms. The second-order valence-electron chi connectivity index (χ2n) is 2.46. The standard InChI is InChI=1S/C8H10FNO/c1-5-2-6(4-11)8(10)3-7(5)9/h2-3,11H,4,10H2,1H3. The first-order valence-electron chi connectivity index (χ1n) is 3.30. The van der Waals surface area contributed by atoms with Crippen molar-refractivity contribution in [2.24, 2.45) is 0 Å². The first-order valence-corrected chi connectivity index (χ1v) is 3.30. The number of aliphatic hydroxyl groups is 1. The number of nitrogens with two attached hydrogens (primary N) is 1. The van der Waals surface area contributed by atoms with E-state index in [4.69, 9.17) is 10.8 Å². The molecule has 3 N–H and O–H groups in total. The minimum atomic E-state index is -0.334. The van der Waals surface area contributed by atoms with Crippen LogP contribution in [0.25, 0.3) is 0 Å². The van der Waals surface area contributed by atoms with Gasteiger partial charge in [0.15, 0.2) is 0 Å². The number of hydrogen-bond acceptors (Lipinski definition) is 2. The zero-order valence-corrected chi connectivity index (χ0v) is 6.26. The number of hydrogen-bond donors (Lipinski definition) is 2.